The summed E-state index contributed by atoms with van der Waals surface area (Å²) in [6.07, 6.45) is 0. The number of para-hydroxylation sites is 2. The van der Waals surface area contributed by atoms with Gasteiger partial charge in [-0.1, -0.05) is 30.3 Å². The molecule has 0 aliphatic heterocycles. The summed E-state index contributed by atoms with van der Waals surface area (Å²) in [5, 5.41) is 2.55. The second-order valence-corrected chi connectivity index (χ2v) is 6.18. The van der Waals surface area contributed by atoms with Crippen LogP contribution in [-0.4, -0.2) is 24.0 Å². The molecular formula is C19H21NO4. The summed E-state index contributed by atoms with van der Waals surface area (Å²) >= 11 is 0. The van der Waals surface area contributed by atoms with Gasteiger partial charge in [0.05, 0.1) is 5.56 Å². The van der Waals surface area contributed by atoms with Gasteiger partial charge in [0, 0.05) is 0 Å². The molecule has 0 aliphatic carbocycles. The van der Waals surface area contributed by atoms with Gasteiger partial charge in [-0.25, -0.2) is 0 Å². The van der Waals surface area contributed by atoms with Crippen molar-refractivity contribution in [1.29, 1.82) is 0 Å². The number of rotatable bonds is 5. The SMILES string of the molecule is CC(C)(C)OC(=O)CNC(=O)c1ccccc1Oc1ccccc1. The topological polar surface area (TPSA) is 64.6 Å². The summed E-state index contributed by atoms with van der Waals surface area (Å²) in [5.41, 5.74) is -0.235. The number of esters is 1. The lowest BCUT2D eigenvalue weighted by Crippen LogP contribution is -2.34. The number of carbonyl (C=O) groups is 2. The normalized spacial score (nSPS) is 10.8. The van der Waals surface area contributed by atoms with Crippen molar-refractivity contribution in [3.8, 4) is 11.5 Å². The number of ether oxygens (including phenoxy) is 2. The fraction of sp³-hybridized carbons (Fsp3) is 0.263. The molecule has 2 rings (SSSR count). The Hall–Kier alpha value is -2.82. The smallest absolute Gasteiger partial charge is 0.325 e. The zero-order chi connectivity index (χ0) is 17.6. The Kier molecular flexibility index (Phi) is 5.58. The Morgan fingerprint density at radius 1 is 0.958 bits per heavy atom. The minimum atomic E-state index is -0.587. The monoisotopic (exact) mass is 327 g/mol. The molecule has 1 amide bonds. The highest BCUT2D eigenvalue weighted by Gasteiger charge is 2.18. The van der Waals surface area contributed by atoms with Crippen LogP contribution in [0.4, 0.5) is 0 Å². The maximum atomic E-state index is 12.3. The lowest BCUT2D eigenvalue weighted by atomic mass is 10.2. The molecule has 0 saturated carbocycles. The van der Waals surface area contributed by atoms with Crippen molar-refractivity contribution in [3.63, 3.8) is 0 Å². The van der Waals surface area contributed by atoms with Crippen molar-refractivity contribution in [2.45, 2.75) is 26.4 Å². The van der Waals surface area contributed by atoms with E-state index in [0.717, 1.165) is 0 Å². The third-order valence-corrected chi connectivity index (χ3v) is 2.92. The van der Waals surface area contributed by atoms with Gasteiger partial charge in [0.25, 0.3) is 5.91 Å². The van der Waals surface area contributed by atoms with Crippen molar-refractivity contribution in [2.75, 3.05) is 6.54 Å². The van der Waals surface area contributed by atoms with Crippen LogP contribution in [0, 0.1) is 0 Å². The quantitative estimate of drug-likeness (QED) is 0.853. The number of benzene rings is 2. The van der Waals surface area contributed by atoms with Crippen LogP contribution in [0.1, 0.15) is 31.1 Å². The molecule has 1 N–H and O–H groups in total. The van der Waals surface area contributed by atoms with Crippen LogP contribution < -0.4 is 10.1 Å². The summed E-state index contributed by atoms with van der Waals surface area (Å²) in [7, 11) is 0. The van der Waals surface area contributed by atoms with Crippen LogP contribution >= 0.6 is 0 Å². The number of hydrogen-bond donors (Lipinski definition) is 1. The van der Waals surface area contributed by atoms with Crippen LogP contribution in [0.15, 0.2) is 54.6 Å². The molecule has 0 spiro atoms. The molecular weight excluding hydrogens is 306 g/mol. The minimum absolute atomic E-state index is 0.199. The fourth-order valence-corrected chi connectivity index (χ4v) is 1.98. The van der Waals surface area contributed by atoms with Gasteiger partial charge < -0.3 is 14.8 Å². The van der Waals surface area contributed by atoms with E-state index < -0.39 is 17.5 Å². The van der Waals surface area contributed by atoms with Gasteiger partial charge in [-0.15, -0.1) is 0 Å². The van der Waals surface area contributed by atoms with E-state index in [0.29, 0.717) is 17.1 Å². The van der Waals surface area contributed by atoms with E-state index in [-0.39, 0.29) is 6.54 Å². The molecule has 2 aromatic carbocycles. The van der Waals surface area contributed by atoms with Crippen molar-refractivity contribution in [2.24, 2.45) is 0 Å². The summed E-state index contributed by atoms with van der Waals surface area (Å²) < 4.78 is 10.9. The standard InChI is InChI=1S/C19H21NO4/c1-19(2,3)24-17(21)13-20-18(22)15-11-7-8-12-16(15)23-14-9-5-4-6-10-14/h4-12H,13H2,1-3H3,(H,20,22). The summed E-state index contributed by atoms with van der Waals surface area (Å²) in [5.74, 6) is 0.167. The third-order valence-electron chi connectivity index (χ3n) is 2.92. The molecule has 0 atom stereocenters. The summed E-state index contributed by atoms with van der Waals surface area (Å²) in [4.78, 5) is 24.0. The van der Waals surface area contributed by atoms with Gasteiger partial charge >= 0.3 is 5.97 Å². The Labute approximate surface area is 141 Å². The minimum Gasteiger partial charge on any atom is -0.459 e. The zero-order valence-electron chi connectivity index (χ0n) is 14.0. The molecule has 0 unspecified atom stereocenters. The van der Waals surface area contributed by atoms with Gasteiger partial charge in [-0.05, 0) is 45.0 Å². The Morgan fingerprint density at radius 2 is 1.58 bits per heavy atom. The van der Waals surface area contributed by atoms with E-state index in [1.165, 1.54) is 0 Å². The van der Waals surface area contributed by atoms with Gasteiger partial charge in [-0.2, -0.15) is 0 Å². The molecule has 2 aromatic rings. The lowest BCUT2D eigenvalue weighted by Gasteiger charge is -2.19. The highest BCUT2D eigenvalue weighted by atomic mass is 16.6. The largest absolute Gasteiger partial charge is 0.459 e. The molecule has 0 fully saturated rings. The van der Waals surface area contributed by atoms with Crippen molar-refractivity contribution >= 4 is 11.9 Å². The molecule has 0 bridgehead atoms. The maximum Gasteiger partial charge on any atom is 0.325 e. The lowest BCUT2D eigenvalue weighted by molar-refractivity contribution is -0.153. The second kappa shape index (κ2) is 7.64. The average molecular weight is 327 g/mol. The maximum absolute atomic E-state index is 12.3. The van der Waals surface area contributed by atoms with Crippen LogP contribution in [0.2, 0.25) is 0 Å². The van der Waals surface area contributed by atoms with Crippen molar-refractivity contribution < 1.29 is 19.1 Å². The molecule has 126 valence electrons. The van der Waals surface area contributed by atoms with E-state index >= 15 is 0 Å². The Balaban J connectivity index is 2.03. The van der Waals surface area contributed by atoms with Crippen LogP contribution in [0.5, 0.6) is 11.5 Å². The zero-order valence-corrected chi connectivity index (χ0v) is 14.0. The second-order valence-electron chi connectivity index (χ2n) is 6.18. The predicted octanol–water partition coefficient (Wildman–Crippen LogP) is 3.55. The molecule has 0 aliphatic rings. The van der Waals surface area contributed by atoms with E-state index in [2.05, 4.69) is 5.32 Å². The first-order valence-corrected chi connectivity index (χ1v) is 7.67. The van der Waals surface area contributed by atoms with Crippen LogP contribution in [0.3, 0.4) is 0 Å². The van der Waals surface area contributed by atoms with E-state index in [9.17, 15) is 9.59 Å². The molecule has 5 heteroatoms. The molecule has 24 heavy (non-hydrogen) atoms. The molecule has 0 heterocycles. The Morgan fingerprint density at radius 3 is 2.25 bits per heavy atom. The van der Waals surface area contributed by atoms with Crippen LogP contribution in [-0.2, 0) is 9.53 Å². The summed E-state index contributed by atoms with van der Waals surface area (Å²) in [6.45, 7) is 5.12. The number of hydrogen-bond acceptors (Lipinski definition) is 4. The van der Waals surface area contributed by atoms with E-state index in [4.69, 9.17) is 9.47 Å². The number of nitrogens with one attached hydrogen (secondary N) is 1. The fourth-order valence-electron chi connectivity index (χ4n) is 1.98. The molecule has 0 saturated heterocycles. The highest BCUT2D eigenvalue weighted by Crippen LogP contribution is 2.24. The van der Waals surface area contributed by atoms with Gasteiger partial charge in [0.1, 0.15) is 23.6 Å². The molecule has 5 nitrogen and oxygen atoms in total. The van der Waals surface area contributed by atoms with Crippen molar-refractivity contribution in [3.05, 3.63) is 60.2 Å². The molecule has 0 radical (unpaired) electrons. The van der Waals surface area contributed by atoms with E-state index in [1.54, 1.807) is 57.2 Å². The summed E-state index contributed by atoms with van der Waals surface area (Å²) in [6, 6.07) is 16.0. The average Bonchev–Trinajstić information content (AvgIpc) is 2.52. The Bertz CT molecular complexity index is 705. The first-order valence-electron chi connectivity index (χ1n) is 7.67. The van der Waals surface area contributed by atoms with Gasteiger partial charge in [0.15, 0.2) is 0 Å². The van der Waals surface area contributed by atoms with Gasteiger partial charge in [-0.3, -0.25) is 9.59 Å². The first kappa shape index (κ1) is 17.5. The molecule has 0 aromatic heterocycles. The third kappa shape index (κ3) is 5.43. The van der Waals surface area contributed by atoms with Gasteiger partial charge in [0.2, 0.25) is 0 Å². The first-order chi connectivity index (χ1) is 11.3. The predicted molar refractivity (Wildman–Crippen MR) is 91.1 cm³/mol. The van der Waals surface area contributed by atoms with E-state index in [1.807, 2.05) is 18.2 Å². The number of carbonyl (C=O) groups excluding carboxylic acids is 2. The number of amides is 1. The highest BCUT2D eigenvalue weighted by molar-refractivity contribution is 5.98. The van der Waals surface area contributed by atoms with Crippen molar-refractivity contribution in [1.82, 2.24) is 5.32 Å². The van der Waals surface area contributed by atoms with Crippen LogP contribution in [0.25, 0.3) is 0 Å².